The highest BCUT2D eigenvalue weighted by molar-refractivity contribution is 9.10. The van der Waals surface area contributed by atoms with Crippen LogP contribution in [0.25, 0.3) is 0 Å². The molecule has 60 valence electrons. The minimum atomic E-state index is 0.0167. The van der Waals surface area contributed by atoms with E-state index < -0.39 is 0 Å². The van der Waals surface area contributed by atoms with Gasteiger partial charge in [-0.15, -0.1) is 0 Å². The first-order valence-corrected chi connectivity index (χ1v) is 4.49. The molecule has 0 bridgehead atoms. The van der Waals surface area contributed by atoms with Gasteiger partial charge in [-0.3, -0.25) is 0 Å². The Hall–Kier alpha value is -0.0500. The van der Waals surface area contributed by atoms with Crippen molar-refractivity contribution in [2.75, 3.05) is 0 Å². The number of nitrogens with two attached hydrogens (primary N) is 1. The Bertz CT molecular complexity index is 260. The highest BCUT2D eigenvalue weighted by Crippen LogP contribution is 2.28. The fourth-order valence-corrected chi connectivity index (χ4v) is 1.68. The molecule has 1 rings (SSSR count). The van der Waals surface area contributed by atoms with Gasteiger partial charge in [0, 0.05) is 10.5 Å². The maximum absolute atomic E-state index is 5.86. The van der Waals surface area contributed by atoms with Crippen LogP contribution in [0.15, 0.2) is 22.7 Å². The Morgan fingerprint density at radius 3 is 2.64 bits per heavy atom. The largest absolute Gasteiger partial charge is 0.324 e. The van der Waals surface area contributed by atoms with E-state index in [1.54, 1.807) is 0 Å². The van der Waals surface area contributed by atoms with Crippen molar-refractivity contribution in [2.45, 2.75) is 13.0 Å². The predicted molar refractivity (Wildman–Crippen MR) is 51.8 cm³/mol. The van der Waals surface area contributed by atoms with Gasteiger partial charge >= 0.3 is 0 Å². The third-order valence-electron chi connectivity index (χ3n) is 1.47. The normalized spacial score (nSPS) is 13.1. The summed E-state index contributed by atoms with van der Waals surface area (Å²) in [6, 6.07) is 5.70. The van der Waals surface area contributed by atoms with Gasteiger partial charge in [0.15, 0.2) is 0 Å². The minimum Gasteiger partial charge on any atom is -0.324 e. The summed E-state index contributed by atoms with van der Waals surface area (Å²) in [5.41, 5.74) is 6.73. The predicted octanol–water partition coefficient (Wildman–Crippen LogP) is 3.12. The first kappa shape index (κ1) is 9.04. The van der Waals surface area contributed by atoms with E-state index in [-0.39, 0.29) is 6.04 Å². The van der Waals surface area contributed by atoms with Crippen LogP contribution in [0.4, 0.5) is 0 Å². The summed E-state index contributed by atoms with van der Waals surface area (Å²) in [4.78, 5) is 0. The fourth-order valence-electron chi connectivity index (χ4n) is 0.872. The van der Waals surface area contributed by atoms with Crippen LogP contribution in [-0.4, -0.2) is 0 Å². The number of halogens is 2. The van der Waals surface area contributed by atoms with Crippen molar-refractivity contribution >= 4 is 27.5 Å². The molecule has 0 saturated heterocycles. The molecule has 0 saturated carbocycles. The van der Waals surface area contributed by atoms with E-state index in [1.807, 2.05) is 25.1 Å². The highest BCUT2D eigenvalue weighted by atomic mass is 79.9. The Morgan fingerprint density at radius 2 is 2.18 bits per heavy atom. The van der Waals surface area contributed by atoms with Gasteiger partial charge < -0.3 is 5.73 Å². The number of benzene rings is 1. The van der Waals surface area contributed by atoms with Gasteiger partial charge in [-0.25, -0.2) is 0 Å². The van der Waals surface area contributed by atoms with E-state index in [0.717, 1.165) is 10.0 Å². The van der Waals surface area contributed by atoms with Crippen LogP contribution in [0.2, 0.25) is 5.02 Å². The molecular formula is C8H9BrClN. The van der Waals surface area contributed by atoms with Crippen LogP contribution in [0.5, 0.6) is 0 Å². The molecule has 1 nitrogen and oxygen atoms in total. The molecule has 0 aromatic heterocycles. The Balaban J connectivity index is 3.17. The molecule has 0 radical (unpaired) electrons. The maximum Gasteiger partial charge on any atom is 0.0551 e. The second-order valence-electron chi connectivity index (χ2n) is 2.43. The minimum absolute atomic E-state index is 0.0167. The van der Waals surface area contributed by atoms with Crippen LogP contribution in [0.3, 0.4) is 0 Å². The first-order valence-electron chi connectivity index (χ1n) is 3.32. The van der Waals surface area contributed by atoms with Crippen molar-refractivity contribution in [1.29, 1.82) is 0 Å². The number of rotatable bonds is 1. The van der Waals surface area contributed by atoms with Crippen molar-refractivity contribution < 1.29 is 0 Å². The Kier molecular flexibility index (Phi) is 2.93. The molecule has 0 spiro atoms. The van der Waals surface area contributed by atoms with Crippen LogP contribution >= 0.6 is 27.5 Å². The lowest BCUT2D eigenvalue weighted by atomic mass is 10.1. The second kappa shape index (κ2) is 3.57. The molecule has 3 heteroatoms. The summed E-state index contributed by atoms with van der Waals surface area (Å²) in [6.07, 6.45) is 0. The summed E-state index contributed by atoms with van der Waals surface area (Å²) in [6.45, 7) is 1.93. The van der Waals surface area contributed by atoms with Crippen LogP contribution in [0, 0.1) is 0 Å². The van der Waals surface area contributed by atoms with Gasteiger partial charge in [0.1, 0.15) is 0 Å². The molecule has 11 heavy (non-hydrogen) atoms. The van der Waals surface area contributed by atoms with Gasteiger partial charge in [-0.1, -0.05) is 23.7 Å². The van der Waals surface area contributed by atoms with E-state index >= 15 is 0 Å². The zero-order valence-corrected chi connectivity index (χ0v) is 8.48. The molecule has 0 aliphatic carbocycles. The third-order valence-corrected chi connectivity index (χ3v) is 2.90. The van der Waals surface area contributed by atoms with Crippen molar-refractivity contribution in [3.63, 3.8) is 0 Å². The zero-order chi connectivity index (χ0) is 8.43. The van der Waals surface area contributed by atoms with Gasteiger partial charge in [0.05, 0.1) is 5.02 Å². The summed E-state index contributed by atoms with van der Waals surface area (Å²) in [7, 11) is 0. The van der Waals surface area contributed by atoms with Crippen molar-refractivity contribution in [3.8, 4) is 0 Å². The number of hydrogen-bond donors (Lipinski definition) is 1. The summed E-state index contributed by atoms with van der Waals surface area (Å²) >= 11 is 9.22. The van der Waals surface area contributed by atoms with E-state index in [4.69, 9.17) is 17.3 Å². The lowest BCUT2D eigenvalue weighted by Gasteiger charge is -2.08. The molecule has 1 atom stereocenters. The molecule has 0 unspecified atom stereocenters. The molecule has 0 aliphatic heterocycles. The standard InChI is InChI=1S/C8H9BrClN/c1-5(11)6-3-2-4-7(10)8(6)9/h2-5H,11H2,1H3/t5-/m1/s1. The monoisotopic (exact) mass is 233 g/mol. The van der Waals surface area contributed by atoms with E-state index in [2.05, 4.69) is 15.9 Å². The molecule has 0 fully saturated rings. The average Bonchev–Trinajstić information content (AvgIpc) is 1.94. The zero-order valence-electron chi connectivity index (χ0n) is 6.14. The lowest BCUT2D eigenvalue weighted by molar-refractivity contribution is 0.813. The first-order chi connectivity index (χ1) is 5.13. The molecule has 0 aliphatic rings. The van der Waals surface area contributed by atoms with Crippen LogP contribution in [-0.2, 0) is 0 Å². The van der Waals surface area contributed by atoms with Crippen molar-refractivity contribution in [3.05, 3.63) is 33.3 Å². The van der Waals surface area contributed by atoms with Gasteiger partial charge in [0.25, 0.3) is 0 Å². The average molecular weight is 235 g/mol. The van der Waals surface area contributed by atoms with Crippen LogP contribution in [0.1, 0.15) is 18.5 Å². The fraction of sp³-hybridized carbons (Fsp3) is 0.250. The summed E-state index contributed by atoms with van der Waals surface area (Å²) in [5.74, 6) is 0. The molecule has 0 heterocycles. The molecule has 2 N–H and O–H groups in total. The number of hydrogen-bond acceptors (Lipinski definition) is 1. The van der Waals surface area contributed by atoms with Crippen molar-refractivity contribution in [1.82, 2.24) is 0 Å². The smallest absolute Gasteiger partial charge is 0.0551 e. The molecular weight excluding hydrogens is 225 g/mol. The maximum atomic E-state index is 5.86. The van der Waals surface area contributed by atoms with E-state index in [1.165, 1.54) is 0 Å². The summed E-state index contributed by atoms with van der Waals surface area (Å²) in [5, 5.41) is 0.708. The van der Waals surface area contributed by atoms with E-state index in [9.17, 15) is 0 Å². The van der Waals surface area contributed by atoms with Crippen LogP contribution < -0.4 is 5.73 Å². The van der Waals surface area contributed by atoms with Gasteiger partial charge in [-0.2, -0.15) is 0 Å². The highest BCUT2D eigenvalue weighted by Gasteiger charge is 2.06. The van der Waals surface area contributed by atoms with Crippen molar-refractivity contribution in [2.24, 2.45) is 5.73 Å². The van der Waals surface area contributed by atoms with Gasteiger partial charge in [0.2, 0.25) is 0 Å². The Morgan fingerprint density at radius 1 is 1.55 bits per heavy atom. The lowest BCUT2D eigenvalue weighted by Crippen LogP contribution is -2.05. The molecule has 1 aromatic carbocycles. The Labute approximate surface area is 79.7 Å². The molecule has 0 amide bonds. The SMILES string of the molecule is C[C@@H](N)c1cccc(Cl)c1Br. The quantitative estimate of drug-likeness (QED) is 0.794. The topological polar surface area (TPSA) is 26.0 Å². The third kappa shape index (κ3) is 1.95. The van der Waals surface area contributed by atoms with E-state index in [0.29, 0.717) is 5.02 Å². The van der Waals surface area contributed by atoms with Gasteiger partial charge in [-0.05, 0) is 34.5 Å². The second-order valence-corrected chi connectivity index (χ2v) is 3.63. The summed E-state index contributed by atoms with van der Waals surface area (Å²) < 4.78 is 0.900. The molecule has 1 aromatic rings.